The number of hydrogen-bond acceptors (Lipinski definition) is 4. The number of piperidine rings is 2. The molecule has 0 aliphatic carbocycles. The summed E-state index contributed by atoms with van der Waals surface area (Å²) < 4.78 is 2.08. The summed E-state index contributed by atoms with van der Waals surface area (Å²) in [4.78, 5) is 22.1. The van der Waals surface area contributed by atoms with Gasteiger partial charge in [0.2, 0.25) is 5.91 Å². The number of nitrogens with one attached hydrogen (secondary N) is 1. The number of imidazole rings is 1. The predicted molar refractivity (Wildman–Crippen MR) is 119 cm³/mol. The van der Waals surface area contributed by atoms with E-state index in [4.69, 9.17) is 0 Å². The van der Waals surface area contributed by atoms with Crippen LogP contribution >= 0.6 is 0 Å². The Labute approximate surface area is 180 Å². The molecule has 1 amide bonds. The number of aromatic nitrogens is 2. The molecule has 0 bridgehead atoms. The number of nitrogens with zero attached hydrogens (tertiary/aromatic N) is 4. The minimum atomic E-state index is 0.130. The Morgan fingerprint density at radius 1 is 1.13 bits per heavy atom. The van der Waals surface area contributed by atoms with E-state index in [9.17, 15) is 4.79 Å². The largest absolute Gasteiger partial charge is 0.354 e. The third-order valence-corrected chi connectivity index (χ3v) is 6.72. The van der Waals surface area contributed by atoms with Gasteiger partial charge in [0.15, 0.2) is 0 Å². The van der Waals surface area contributed by atoms with E-state index in [1.807, 2.05) is 13.1 Å². The van der Waals surface area contributed by atoms with Crippen LogP contribution in [-0.4, -0.2) is 64.0 Å². The maximum Gasteiger partial charge on any atom is 0.224 e. The Bertz CT molecular complexity index is 797. The maximum absolute atomic E-state index is 12.7. The number of aryl methyl sites for hydroxylation is 1. The van der Waals surface area contributed by atoms with Gasteiger partial charge in [-0.3, -0.25) is 14.6 Å². The minimum absolute atomic E-state index is 0.130. The highest BCUT2D eigenvalue weighted by Crippen LogP contribution is 2.24. The van der Waals surface area contributed by atoms with E-state index in [-0.39, 0.29) is 11.8 Å². The Hall–Kier alpha value is -2.18. The lowest BCUT2D eigenvalue weighted by molar-refractivity contribution is -0.127. The van der Waals surface area contributed by atoms with Gasteiger partial charge in [0.25, 0.3) is 0 Å². The summed E-state index contributed by atoms with van der Waals surface area (Å²) in [5.74, 6) is 1.34. The molecule has 3 heterocycles. The SMILES string of the molecule is Cc1nccn1CCNC(=O)C1CCCN(C2CCN(Cc3ccccc3)CC2)C1. The summed E-state index contributed by atoms with van der Waals surface area (Å²) in [6, 6.07) is 11.4. The standard InChI is InChI=1S/C24H35N5O/c1-20-25-11-16-28(20)17-12-26-24(30)22-8-5-13-29(19-22)23-9-14-27(15-10-23)18-21-6-3-2-4-7-21/h2-4,6-7,11,16,22-23H,5,8-10,12-15,17-19H2,1H3,(H,26,30). The molecule has 1 N–H and O–H groups in total. The van der Waals surface area contributed by atoms with Crippen LogP contribution in [0.5, 0.6) is 0 Å². The molecule has 4 rings (SSSR count). The van der Waals surface area contributed by atoms with Gasteiger partial charge in [-0.25, -0.2) is 4.98 Å². The van der Waals surface area contributed by atoms with Crippen LogP contribution < -0.4 is 5.32 Å². The third-order valence-electron chi connectivity index (χ3n) is 6.72. The summed E-state index contributed by atoms with van der Waals surface area (Å²) in [5, 5.41) is 3.15. The van der Waals surface area contributed by atoms with Crippen LogP contribution in [0.4, 0.5) is 0 Å². The smallest absolute Gasteiger partial charge is 0.224 e. The van der Waals surface area contributed by atoms with Crippen molar-refractivity contribution in [1.82, 2.24) is 24.7 Å². The average Bonchev–Trinajstić information content (AvgIpc) is 3.20. The van der Waals surface area contributed by atoms with Crippen LogP contribution in [-0.2, 0) is 17.9 Å². The topological polar surface area (TPSA) is 53.4 Å². The molecule has 2 aromatic rings. The Morgan fingerprint density at radius 2 is 1.93 bits per heavy atom. The van der Waals surface area contributed by atoms with Crippen molar-refractivity contribution in [2.45, 2.75) is 51.7 Å². The summed E-state index contributed by atoms with van der Waals surface area (Å²) in [6.45, 7) is 8.86. The molecule has 0 spiro atoms. The van der Waals surface area contributed by atoms with Crippen LogP contribution in [0.25, 0.3) is 0 Å². The van der Waals surface area contributed by atoms with Gasteiger partial charge >= 0.3 is 0 Å². The van der Waals surface area contributed by atoms with Gasteiger partial charge in [-0.1, -0.05) is 30.3 Å². The van der Waals surface area contributed by atoms with Crippen molar-refractivity contribution in [2.24, 2.45) is 5.92 Å². The fourth-order valence-corrected chi connectivity index (χ4v) is 4.92. The van der Waals surface area contributed by atoms with Gasteiger partial charge in [-0.05, 0) is 57.8 Å². The van der Waals surface area contributed by atoms with E-state index >= 15 is 0 Å². The van der Waals surface area contributed by atoms with E-state index in [1.165, 1.54) is 18.4 Å². The zero-order valence-electron chi connectivity index (χ0n) is 18.2. The molecule has 1 aromatic heterocycles. The summed E-state index contributed by atoms with van der Waals surface area (Å²) in [7, 11) is 0. The van der Waals surface area contributed by atoms with Crippen LogP contribution in [0.1, 0.15) is 37.1 Å². The van der Waals surface area contributed by atoms with Crippen molar-refractivity contribution in [1.29, 1.82) is 0 Å². The van der Waals surface area contributed by atoms with Crippen molar-refractivity contribution >= 4 is 5.91 Å². The van der Waals surface area contributed by atoms with E-state index in [0.717, 1.165) is 57.9 Å². The number of carbonyl (C=O) groups excluding carboxylic acids is 1. The lowest BCUT2D eigenvalue weighted by atomic mass is 9.93. The fourth-order valence-electron chi connectivity index (χ4n) is 4.92. The second-order valence-electron chi connectivity index (χ2n) is 8.79. The van der Waals surface area contributed by atoms with Crippen molar-refractivity contribution in [3.8, 4) is 0 Å². The van der Waals surface area contributed by atoms with E-state index in [1.54, 1.807) is 6.20 Å². The highest BCUT2D eigenvalue weighted by atomic mass is 16.1. The molecule has 30 heavy (non-hydrogen) atoms. The first kappa shape index (κ1) is 21.1. The Morgan fingerprint density at radius 3 is 2.67 bits per heavy atom. The molecule has 2 aliphatic rings. The van der Waals surface area contributed by atoms with Gasteiger partial charge in [-0.2, -0.15) is 0 Å². The quantitative estimate of drug-likeness (QED) is 0.764. The van der Waals surface area contributed by atoms with Crippen molar-refractivity contribution in [2.75, 3.05) is 32.7 Å². The lowest BCUT2D eigenvalue weighted by Gasteiger charge is -2.42. The maximum atomic E-state index is 12.7. The number of hydrogen-bond donors (Lipinski definition) is 1. The lowest BCUT2D eigenvalue weighted by Crippen LogP contribution is -2.50. The summed E-state index contributed by atoms with van der Waals surface area (Å²) in [5.41, 5.74) is 1.40. The van der Waals surface area contributed by atoms with Gasteiger partial charge in [0, 0.05) is 44.6 Å². The molecule has 0 radical (unpaired) electrons. The zero-order chi connectivity index (χ0) is 20.8. The van der Waals surface area contributed by atoms with Crippen LogP contribution in [0.3, 0.4) is 0 Å². The van der Waals surface area contributed by atoms with Crippen LogP contribution in [0.15, 0.2) is 42.7 Å². The summed E-state index contributed by atoms with van der Waals surface area (Å²) >= 11 is 0. The zero-order valence-corrected chi connectivity index (χ0v) is 18.2. The van der Waals surface area contributed by atoms with Crippen LogP contribution in [0, 0.1) is 12.8 Å². The predicted octanol–water partition coefficient (Wildman–Crippen LogP) is 2.68. The van der Waals surface area contributed by atoms with Gasteiger partial charge in [0.1, 0.15) is 5.82 Å². The molecule has 2 aliphatic heterocycles. The normalized spacial score (nSPS) is 21.6. The minimum Gasteiger partial charge on any atom is -0.354 e. The molecule has 6 nitrogen and oxygen atoms in total. The Balaban J connectivity index is 1.20. The number of amides is 1. The Kier molecular flexibility index (Phi) is 7.18. The second kappa shape index (κ2) is 10.2. The fraction of sp³-hybridized carbons (Fsp3) is 0.583. The highest BCUT2D eigenvalue weighted by molar-refractivity contribution is 5.78. The molecular weight excluding hydrogens is 374 g/mol. The van der Waals surface area contributed by atoms with E-state index in [0.29, 0.717) is 12.6 Å². The van der Waals surface area contributed by atoms with E-state index in [2.05, 4.69) is 55.0 Å². The first-order valence-electron chi connectivity index (χ1n) is 11.4. The molecule has 162 valence electrons. The van der Waals surface area contributed by atoms with Gasteiger partial charge in [-0.15, -0.1) is 0 Å². The number of carbonyl (C=O) groups is 1. The highest BCUT2D eigenvalue weighted by Gasteiger charge is 2.31. The summed E-state index contributed by atoms with van der Waals surface area (Å²) in [6.07, 6.45) is 8.33. The number of benzene rings is 1. The molecule has 0 saturated carbocycles. The monoisotopic (exact) mass is 409 g/mol. The average molecular weight is 410 g/mol. The number of rotatable bonds is 7. The molecule has 1 aromatic carbocycles. The number of likely N-dealkylation sites (tertiary alicyclic amines) is 2. The van der Waals surface area contributed by atoms with Gasteiger partial charge < -0.3 is 9.88 Å². The van der Waals surface area contributed by atoms with Gasteiger partial charge in [0.05, 0.1) is 5.92 Å². The van der Waals surface area contributed by atoms with Crippen LogP contribution in [0.2, 0.25) is 0 Å². The van der Waals surface area contributed by atoms with Crippen molar-refractivity contribution in [3.05, 3.63) is 54.1 Å². The first-order valence-corrected chi connectivity index (χ1v) is 11.4. The third kappa shape index (κ3) is 5.49. The van der Waals surface area contributed by atoms with Crippen molar-refractivity contribution < 1.29 is 4.79 Å². The molecular formula is C24H35N5O. The molecule has 2 fully saturated rings. The molecule has 1 unspecified atom stereocenters. The molecule has 6 heteroatoms. The van der Waals surface area contributed by atoms with Crippen molar-refractivity contribution in [3.63, 3.8) is 0 Å². The second-order valence-corrected chi connectivity index (χ2v) is 8.79. The first-order chi connectivity index (χ1) is 14.7. The molecule has 1 atom stereocenters. The van der Waals surface area contributed by atoms with E-state index < -0.39 is 0 Å². The molecule has 2 saturated heterocycles.